The molecule has 0 saturated carbocycles. The molecule has 0 aliphatic rings. The van der Waals surface area contributed by atoms with Gasteiger partial charge in [0, 0.05) is 17.0 Å². The molecule has 1 atom stereocenters. The number of ether oxygens (including phenoxy) is 2. The van der Waals surface area contributed by atoms with Gasteiger partial charge in [0.15, 0.2) is 0 Å². The molecule has 1 unspecified atom stereocenters. The minimum absolute atomic E-state index is 0.0987. The standard InChI is InChI=1S/C15H18BrNO2S/c1-10(17)7-11-3-4-12(18-2)8-14(11)19-9-13-5-6-15(16)20-13/h3-6,8,10H,7,9,17H2,1-2H3. The molecule has 1 aromatic carbocycles. The van der Waals surface area contributed by atoms with Gasteiger partial charge in [-0.1, -0.05) is 6.07 Å². The van der Waals surface area contributed by atoms with Crippen molar-refractivity contribution in [2.24, 2.45) is 5.73 Å². The minimum Gasteiger partial charge on any atom is -0.497 e. The Morgan fingerprint density at radius 3 is 2.70 bits per heavy atom. The molecule has 3 nitrogen and oxygen atoms in total. The molecule has 0 radical (unpaired) electrons. The lowest BCUT2D eigenvalue weighted by molar-refractivity contribution is 0.303. The SMILES string of the molecule is COc1ccc(CC(C)N)c(OCc2ccc(Br)s2)c1. The highest BCUT2D eigenvalue weighted by molar-refractivity contribution is 9.11. The molecule has 0 fully saturated rings. The number of rotatable bonds is 6. The lowest BCUT2D eigenvalue weighted by Gasteiger charge is -2.14. The van der Waals surface area contributed by atoms with E-state index in [0.29, 0.717) is 6.61 Å². The van der Waals surface area contributed by atoms with Gasteiger partial charge < -0.3 is 15.2 Å². The molecule has 108 valence electrons. The summed E-state index contributed by atoms with van der Waals surface area (Å²) in [5, 5.41) is 0. The van der Waals surface area contributed by atoms with E-state index in [1.54, 1.807) is 18.4 Å². The van der Waals surface area contributed by atoms with E-state index in [9.17, 15) is 0 Å². The van der Waals surface area contributed by atoms with Crippen molar-refractivity contribution >= 4 is 27.3 Å². The van der Waals surface area contributed by atoms with Gasteiger partial charge in [-0.05, 0) is 53.0 Å². The van der Waals surface area contributed by atoms with E-state index < -0.39 is 0 Å². The first-order valence-electron chi connectivity index (χ1n) is 6.38. The minimum atomic E-state index is 0.0987. The maximum Gasteiger partial charge on any atom is 0.126 e. The number of halogens is 1. The second kappa shape index (κ2) is 7.11. The van der Waals surface area contributed by atoms with Crippen molar-refractivity contribution in [2.75, 3.05) is 7.11 Å². The molecule has 20 heavy (non-hydrogen) atoms. The zero-order valence-electron chi connectivity index (χ0n) is 11.6. The second-order valence-corrected chi connectivity index (χ2v) is 7.20. The van der Waals surface area contributed by atoms with Crippen LogP contribution < -0.4 is 15.2 Å². The van der Waals surface area contributed by atoms with Crippen molar-refractivity contribution < 1.29 is 9.47 Å². The van der Waals surface area contributed by atoms with Crippen LogP contribution in [0, 0.1) is 0 Å². The quantitative estimate of drug-likeness (QED) is 0.851. The first kappa shape index (κ1) is 15.4. The lowest BCUT2D eigenvalue weighted by atomic mass is 10.1. The molecule has 0 aliphatic heterocycles. The van der Waals surface area contributed by atoms with E-state index in [1.807, 2.05) is 31.2 Å². The molecule has 0 saturated heterocycles. The fraction of sp³-hybridized carbons (Fsp3) is 0.333. The molecule has 0 amide bonds. The Balaban J connectivity index is 2.14. The smallest absolute Gasteiger partial charge is 0.126 e. The third-order valence-electron chi connectivity index (χ3n) is 2.82. The van der Waals surface area contributed by atoms with Crippen molar-refractivity contribution in [3.63, 3.8) is 0 Å². The molecule has 0 bridgehead atoms. The molecular weight excluding hydrogens is 338 g/mol. The van der Waals surface area contributed by atoms with E-state index in [2.05, 4.69) is 22.0 Å². The summed E-state index contributed by atoms with van der Waals surface area (Å²) in [6.07, 6.45) is 0.785. The van der Waals surface area contributed by atoms with Crippen LogP contribution in [0.4, 0.5) is 0 Å². The molecule has 1 heterocycles. The van der Waals surface area contributed by atoms with Crippen LogP contribution in [0.15, 0.2) is 34.1 Å². The molecule has 0 aliphatic carbocycles. The summed E-state index contributed by atoms with van der Waals surface area (Å²) in [6.45, 7) is 2.54. The largest absolute Gasteiger partial charge is 0.497 e. The topological polar surface area (TPSA) is 44.5 Å². The van der Waals surface area contributed by atoms with Gasteiger partial charge in [-0.15, -0.1) is 11.3 Å². The van der Waals surface area contributed by atoms with Crippen molar-refractivity contribution in [1.29, 1.82) is 0 Å². The van der Waals surface area contributed by atoms with E-state index in [-0.39, 0.29) is 6.04 Å². The van der Waals surface area contributed by atoms with Gasteiger partial charge in [-0.25, -0.2) is 0 Å². The van der Waals surface area contributed by atoms with Crippen LogP contribution in [0.2, 0.25) is 0 Å². The Bertz CT molecular complexity index is 569. The fourth-order valence-corrected chi connectivity index (χ4v) is 3.29. The molecule has 2 N–H and O–H groups in total. The molecule has 5 heteroatoms. The third-order valence-corrected chi connectivity index (χ3v) is 4.41. The number of benzene rings is 1. The van der Waals surface area contributed by atoms with Gasteiger partial charge in [-0.2, -0.15) is 0 Å². The van der Waals surface area contributed by atoms with Crippen molar-refractivity contribution in [1.82, 2.24) is 0 Å². The highest BCUT2D eigenvalue weighted by Gasteiger charge is 2.09. The summed E-state index contributed by atoms with van der Waals surface area (Å²) < 4.78 is 12.3. The maximum absolute atomic E-state index is 5.93. The molecule has 1 aromatic heterocycles. The Kier molecular flexibility index (Phi) is 5.46. The van der Waals surface area contributed by atoms with Gasteiger partial charge >= 0.3 is 0 Å². The predicted octanol–water partition coefficient (Wildman–Crippen LogP) is 3.99. The van der Waals surface area contributed by atoms with E-state index in [1.165, 1.54) is 4.88 Å². The number of methoxy groups -OCH3 is 1. The van der Waals surface area contributed by atoms with Crippen LogP contribution >= 0.6 is 27.3 Å². The monoisotopic (exact) mass is 355 g/mol. The van der Waals surface area contributed by atoms with Crippen molar-refractivity contribution in [3.8, 4) is 11.5 Å². The summed E-state index contributed by atoms with van der Waals surface area (Å²) in [7, 11) is 1.65. The van der Waals surface area contributed by atoms with Gasteiger partial charge in [-0.3, -0.25) is 0 Å². The second-order valence-electron chi connectivity index (χ2n) is 4.65. The molecule has 0 spiro atoms. The zero-order valence-corrected chi connectivity index (χ0v) is 14.0. The van der Waals surface area contributed by atoms with Crippen LogP contribution in [0.1, 0.15) is 17.4 Å². The van der Waals surface area contributed by atoms with E-state index >= 15 is 0 Å². The van der Waals surface area contributed by atoms with Crippen molar-refractivity contribution in [3.05, 3.63) is 44.6 Å². The highest BCUT2D eigenvalue weighted by atomic mass is 79.9. The summed E-state index contributed by atoms with van der Waals surface area (Å²) in [5.41, 5.74) is 6.99. The van der Waals surface area contributed by atoms with Crippen LogP contribution in [0.5, 0.6) is 11.5 Å². The average Bonchev–Trinajstić information content (AvgIpc) is 2.83. The first-order chi connectivity index (χ1) is 9.58. The average molecular weight is 356 g/mol. The van der Waals surface area contributed by atoms with E-state index in [4.69, 9.17) is 15.2 Å². The Hall–Kier alpha value is -1.04. The van der Waals surface area contributed by atoms with Gasteiger partial charge in [0.1, 0.15) is 18.1 Å². The van der Waals surface area contributed by atoms with Gasteiger partial charge in [0.25, 0.3) is 0 Å². The summed E-state index contributed by atoms with van der Waals surface area (Å²) >= 11 is 5.13. The van der Waals surface area contributed by atoms with Crippen LogP contribution in [0.3, 0.4) is 0 Å². The number of nitrogens with two attached hydrogens (primary N) is 1. The van der Waals surface area contributed by atoms with Gasteiger partial charge in [0.2, 0.25) is 0 Å². The zero-order chi connectivity index (χ0) is 14.5. The fourth-order valence-electron chi connectivity index (χ4n) is 1.89. The summed E-state index contributed by atoms with van der Waals surface area (Å²) in [6, 6.07) is 10.0. The maximum atomic E-state index is 5.93. The van der Waals surface area contributed by atoms with E-state index in [0.717, 1.165) is 27.3 Å². The Morgan fingerprint density at radius 2 is 2.10 bits per heavy atom. The van der Waals surface area contributed by atoms with Crippen LogP contribution in [-0.2, 0) is 13.0 Å². The Labute approximate surface area is 131 Å². The van der Waals surface area contributed by atoms with Crippen LogP contribution in [-0.4, -0.2) is 13.2 Å². The normalized spacial score (nSPS) is 12.2. The lowest BCUT2D eigenvalue weighted by Crippen LogP contribution is -2.18. The van der Waals surface area contributed by atoms with Crippen molar-refractivity contribution in [2.45, 2.75) is 26.0 Å². The first-order valence-corrected chi connectivity index (χ1v) is 7.99. The third kappa shape index (κ3) is 4.23. The molecule has 2 aromatic rings. The molecular formula is C15H18BrNO2S. The highest BCUT2D eigenvalue weighted by Crippen LogP contribution is 2.28. The summed E-state index contributed by atoms with van der Waals surface area (Å²) in [5.74, 6) is 1.63. The summed E-state index contributed by atoms with van der Waals surface area (Å²) in [4.78, 5) is 1.17. The number of thiophene rings is 1. The van der Waals surface area contributed by atoms with Gasteiger partial charge in [0.05, 0.1) is 10.9 Å². The molecule has 2 rings (SSSR count). The number of hydrogen-bond donors (Lipinski definition) is 1. The van der Waals surface area contributed by atoms with Crippen LogP contribution in [0.25, 0.3) is 0 Å². The predicted molar refractivity (Wildman–Crippen MR) is 86.7 cm³/mol. The number of hydrogen-bond acceptors (Lipinski definition) is 4. The Morgan fingerprint density at radius 1 is 1.30 bits per heavy atom.